The van der Waals surface area contributed by atoms with E-state index in [-0.39, 0.29) is 12.1 Å². The van der Waals surface area contributed by atoms with Crippen LogP contribution in [0.2, 0.25) is 0 Å². The van der Waals surface area contributed by atoms with Gasteiger partial charge in [-0.2, -0.15) is 11.8 Å². The standard InChI is InChI=1S/C23H30N2O3S/c1-17(13-18-5-4-8-21(15-18)27-2)24-23(26)25-20-7-3-6-19(14-20)16-29-22-9-11-28-12-10-22/h3-8,14-15,17,22H,9-13,16H2,1-2H3,(H2,24,25,26). The zero-order chi connectivity index (χ0) is 20.5. The van der Waals surface area contributed by atoms with Gasteiger partial charge in [-0.25, -0.2) is 4.79 Å². The first-order valence-corrected chi connectivity index (χ1v) is 11.2. The highest BCUT2D eigenvalue weighted by atomic mass is 32.2. The van der Waals surface area contributed by atoms with Crippen LogP contribution >= 0.6 is 11.8 Å². The lowest BCUT2D eigenvalue weighted by Crippen LogP contribution is -2.37. The molecule has 1 atom stereocenters. The fourth-order valence-corrected chi connectivity index (χ4v) is 4.52. The summed E-state index contributed by atoms with van der Waals surface area (Å²) in [5, 5.41) is 6.63. The Bertz CT molecular complexity index is 793. The van der Waals surface area contributed by atoms with E-state index in [9.17, 15) is 4.79 Å². The highest BCUT2D eigenvalue weighted by Crippen LogP contribution is 2.26. The third-order valence-electron chi connectivity index (χ3n) is 4.89. The first kappa shape index (κ1) is 21.5. The molecule has 1 heterocycles. The number of carbonyl (C=O) groups is 1. The molecule has 0 spiro atoms. The van der Waals surface area contributed by atoms with Crippen LogP contribution in [-0.4, -0.2) is 37.6 Å². The van der Waals surface area contributed by atoms with E-state index in [4.69, 9.17) is 9.47 Å². The molecule has 2 amide bonds. The Morgan fingerprint density at radius 2 is 1.93 bits per heavy atom. The molecule has 1 aliphatic rings. The van der Waals surface area contributed by atoms with Crippen molar-refractivity contribution in [1.82, 2.24) is 5.32 Å². The van der Waals surface area contributed by atoms with Crippen LogP contribution < -0.4 is 15.4 Å². The number of benzene rings is 2. The Morgan fingerprint density at radius 1 is 1.17 bits per heavy atom. The summed E-state index contributed by atoms with van der Waals surface area (Å²) in [5.41, 5.74) is 3.18. The average molecular weight is 415 g/mol. The van der Waals surface area contributed by atoms with E-state index in [2.05, 4.69) is 22.8 Å². The Morgan fingerprint density at radius 3 is 2.72 bits per heavy atom. The fraction of sp³-hybridized carbons (Fsp3) is 0.435. The number of carbonyl (C=O) groups excluding carboxylic acids is 1. The highest BCUT2D eigenvalue weighted by Gasteiger charge is 2.14. The molecule has 0 radical (unpaired) electrons. The summed E-state index contributed by atoms with van der Waals surface area (Å²) >= 11 is 1.97. The second-order valence-electron chi connectivity index (χ2n) is 7.38. The van der Waals surface area contributed by atoms with Gasteiger partial charge in [0.2, 0.25) is 0 Å². The van der Waals surface area contributed by atoms with Crippen LogP contribution in [0.15, 0.2) is 48.5 Å². The number of hydrogen-bond acceptors (Lipinski definition) is 4. The smallest absolute Gasteiger partial charge is 0.319 e. The number of methoxy groups -OCH3 is 1. The molecule has 1 saturated heterocycles. The molecule has 2 N–H and O–H groups in total. The van der Waals surface area contributed by atoms with Crippen LogP contribution in [-0.2, 0) is 16.9 Å². The maximum Gasteiger partial charge on any atom is 0.319 e. The van der Waals surface area contributed by atoms with E-state index in [1.165, 1.54) is 5.56 Å². The van der Waals surface area contributed by atoms with Gasteiger partial charge in [0.25, 0.3) is 0 Å². The summed E-state index contributed by atoms with van der Waals surface area (Å²) < 4.78 is 10.7. The summed E-state index contributed by atoms with van der Waals surface area (Å²) in [6, 6.07) is 15.8. The lowest BCUT2D eigenvalue weighted by atomic mass is 10.1. The van der Waals surface area contributed by atoms with Crippen molar-refractivity contribution in [2.45, 2.75) is 43.2 Å². The number of thioether (sulfide) groups is 1. The van der Waals surface area contributed by atoms with Gasteiger partial charge in [-0.15, -0.1) is 0 Å². The molecule has 156 valence electrons. The van der Waals surface area contributed by atoms with Gasteiger partial charge >= 0.3 is 6.03 Å². The van der Waals surface area contributed by atoms with E-state index in [1.807, 2.05) is 55.1 Å². The molecule has 0 bridgehead atoms. The molecular weight excluding hydrogens is 384 g/mol. The van der Waals surface area contributed by atoms with Gasteiger partial charge < -0.3 is 20.1 Å². The summed E-state index contributed by atoms with van der Waals surface area (Å²) in [4.78, 5) is 12.4. The third-order valence-corrected chi connectivity index (χ3v) is 6.34. The van der Waals surface area contributed by atoms with Crippen molar-refractivity contribution in [2.24, 2.45) is 0 Å². The minimum atomic E-state index is -0.186. The predicted octanol–water partition coefficient (Wildman–Crippen LogP) is 4.86. The van der Waals surface area contributed by atoms with Crippen LogP contribution in [0.3, 0.4) is 0 Å². The number of amides is 2. The molecule has 1 aliphatic heterocycles. The normalized spacial score (nSPS) is 15.5. The molecule has 0 aliphatic carbocycles. The fourth-order valence-electron chi connectivity index (χ4n) is 3.39. The molecule has 1 fully saturated rings. The number of rotatable bonds is 8. The quantitative estimate of drug-likeness (QED) is 0.648. The van der Waals surface area contributed by atoms with E-state index in [0.717, 1.165) is 55.2 Å². The molecule has 3 rings (SSSR count). The number of urea groups is 1. The summed E-state index contributed by atoms with van der Waals surface area (Å²) in [6.45, 7) is 3.74. The molecule has 2 aromatic carbocycles. The molecule has 6 heteroatoms. The lowest BCUT2D eigenvalue weighted by molar-refractivity contribution is 0.1000. The monoisotopic (exact) mass is 414 g/mol. The molecule has 0 aromatic heterocycles. The van der Waals surface area contributed by atoms with Crippen LogP contribution in [0.5, 0.6) is 5.75 Å². The van der Waals surface area contributed by atoms with Gasteiger partial charge in [-0.05, 0) is 61.6 Å². The number of anilines is 1. The first-order chi connectivity index (χ1) is 14.1. The van der Waals surface area contributed by atoms with Crippen molar-refractivity contribution < 1.29 is 14.3 Å². The molecule has 5 nitrogen and oxygen atoms in total. The molecular formula is C23H30N2O3S. The molecule has 2 aromatic rings. The minimum absolute atomic E-state index is 0.00867. The molecule has 0 saturated carbocycles. The van der Waals surface area contributed by atoms with Gasteiger partial charge in [-0.1, -0.05) is 24.3 Å². The maximum atomic E-state index is 12.4. The summed E-state index contributed by atoms with van der Waals surface area (Å²) in [7, 11) is 1.66. The second-order valence-corrected chi connectivity index (χ2v) is 8.67. The molecule has 1 unspecified atom stereocenters. The van der Waals surface area contributed by atoms with Crippen molar-refractivity contribution in [2.75, 3.05) is 25.6 Å². The topological polar surface area (TPSA) is 59.6 Å². The zero-order valence-electron chi connectivity index (χ0n) is 17.1. The summed E-state index contributed by atoms with van der Waals surface area (Å²) in [5.74, 6) is 1.78. The second kappa shape index (κ2) is 11.1. The van der Waals surface area contributed by atoms with Crippen molar-refractivity contribution in [3.05, 3.63) is 59.7 Å². The SMILES string of the molecule is COc1cccc(CC(C)NC(=O)Nc2cccc(CSC3CCOCC3)c2)c1. The van der Waals surface area contributed by atoms with Gasteiger partial charge in [0.1, 0.15) is 5.75 Å². The van der Waals surface area contributed by atoms with E-state index in [1.54, 1.807) is 7.11 Å². The van der Waals surface area contributed by atoms with Gasteiger partial charge in [0, 0.05) is 35.9 Å². The van der Waals surface area contributed by atoms with E-state index >= 15 is 0 Å². The number of nitrogens with one attached hydrogen (secondary N) is 2. The van der Waals surface area contributed by atoms with Crippen LogP contribution in [0.1, 0.15) is 30.9 Å². The number of ether oxygens (including phenoxy) is 2. The maximum absolute atomic E-state index is 12.4. The Kier molecular flexibility index (Phi) is 8.25. The van der Waals surface area contributed by atoms with Crippen molar-refractivity contribution in [1.29, 1.82) is 0 Å². The van der Waals surface area contributed by atoms with Crippen LogP contribution in [0.25, 0.3) is 0 Å². The van der Waals surface area contributed by atoms with Crippen molar-refractivity contribution in [3.63, 3.8) is 0 Å². The predicted molar refractivity (Wildman–Crippen MR) is 120 cm³/mol. The lowest BCUT2D eigenvalue weighted by Gasteiger charge is -2.21. The largest absolute Gasteiger partial charge is 0.497 e. The van der Waals surface area contributed by atoms with Gasteiger partial charge in [-0.3, -0.25) is 0 Å². The van der Waals surface area contributed by atoms with E-state index in [0.29, 0.717) is 5.25 Å². The Labute approximate surface area is 177 Å². The molecule has 29 heavy (non-hydrogen) atoms. The van der Waals surface area contributed by atoms with Crippen molar-refractivity contribution >= 4 is 23.5 Å². The highest BCUT2D eigenvalue weighted by molar-refractivity contribution is 7.99. The Hall–Kier alpha value is -2.18. The van der Waals surface area contributed by atoms with Crippen LogP contribution in [0.4, 0.5) is 10.5 Å². The number of hydrogen-bond donors (Lipinski definition) is 2. The minimum Gasteiger partial charge on any atom is -0.497 e. The zero-order valence-corrected chi connectivity index (χ0v) is 18.0. The average Bonchev–Trinajstić information content (AvgIpc) is 2.73. The van der Waals surface area contributed by atoms with Crippen LogP contribution in [0, 0.1) is 0 Å². The third kappa shape index (κ3) is 7.29. The Balaban J connectivity index is 1.46. The van der Waals surface area contributed by atoms with Gasteiger partial charge in [0.15, 0.2) is 0 Å². The first-order valence-electron chi connectivity index (χ1n) is 10.1. The van der Waals surface area contributed by atoms with Crippen molar-refractivity contribution in [3.8, 4) is 5.75 Å². The van der Waals surface area contributed by atoms with E-state index < -0.39 is 0 Å². The van der Waals surface area contributed by atoms with Gasteiger partial charge in [0.05, 0.1) is 7.11 Å². The summed E-state index contributed by atoms with van der Waals surface area (Å²) in [6.07, 6.45) is 2.98.